The second-order valence-electron chi connectivity index (χ2n) is 4.80. The molecular weight excluding hydrogens is 214 g/mol. The lowest BCUT2D eigenvalue weighted by Gasteiger charge is -2.17. The fourth-order valence-electron chi connectivity index (χ4n) is 2.16. The zero-order valence-corrected chi connectivity index (χ0v) is 10.4. The number of benzene rings is 1. The molecule has 0 radical (unpaired) electrons. The maximum atomic E-state index is 11.6. The molecule has 0 N–H and O–H groups in total. The van der Waals surface area contributed by atoms with Crippen molar-refractivity contribution in [3.8, 4) is 0 Å². The molecule has 17 heavy (non-hydrogen) atoms. The molecule has 1 aromatic rings. The minimum Gasteiger partial charge on any atom is -0.624 e. The van der Waals surface area contributed by atoms with Crippen LogP contribution in [0.1, 0.15) is 19.4 Å². The van der Waals surface area contributed by atoms with Crippen molar-refractivity contribution in [3.63, 3.8) is 0 Å². The van der Waals surface area contributed by atoms with E-state index in [0.29, 0.717) is 25.0 Å². The van der Waals surface area contributed by atoms with Gasteiger partial charge in [-0.3, -0.25) is 0 Å². The largest absolute Gasteiger partial charge is 0.624 e. The molecule has 0 aliphatic carbocycles. The Morgan fingerprint density at radius 2 is 1.94 bits per heavy atom. The molecule has 1 aromatic carbocycles. The summed E-state index contributed by atoms with van der Waals surface area (Å²) in [6.07, 6.45) is 1.75. The SMILES string of the molecule is C[C@H]1[C@H](C)C=[N+]([O-])[C@@H]1COCc1ccccc1. The minimum atomic E-state index is -0.0336. The number of hydrogen-bond donors (Lipinski definition) is 0. The van der Waals surface area contributed by atoms with Gasteiger partial charge >= 0.3 is 0 Å². The highest BCUT2D eigenvalue weighted by molar-refractivity contribution is 5.57. The number of rotatable bonds is 4. The van der Waals surface area contributed by atoms with Crippen LogP contribution in [-0.4, -0.2) is 23.6 Å². The molecule has 2 rings (SSSR count). The van der Waals surface area contributed by atoms with Crippen LogP contribution in [0.25, 0.3) is 0 Å². The van der Waals surface area contributed by atoms with Crippen LogP contribution in [0.3, 0.4) is 0 Å². The van der Waals surface area contributed by atoms with Gasteiger partial charge in [-0.1, -0.05) is 44.2 Å². The van der Waals surface area contributed by atoms with Crippen LogP contribution in [0.4, 0.5) is 0 Å². The lowest BCUT2D eigenvalue weighted by atomic mass is 9.94. The Hall–Kier alpha value is -1.35. The molecule has 0 spiro atoms. The van der Waals surface area contributed by atoms with E-state index in [1.165, 1.54) is 0 Å². The summed E-state index contributed by atoms with van der Waals surface area (Å²) in [5, 5.41) is 11.6. The van der Waals surface area contributed by atoms with Crippen molar-refractivity contribution in [2.45, 2.75) is 26.5 Å². The minimum absolute atomic E-state index is 0.0336. The van der Waals surface area contributed by atoms with Crippen molar-refractivity contribution in [1.29, 1.82) is 0 Å². The van der Waals surface area contributed by atoms with Crippen molar-refractivity contribution in [1.82, 2.24) is 0 Å². The van der Waals surface area contributed by atoms with E-state index in [0.717, 1.165) is 10.3 Å². The van der Waals surface area contributed by atoms with Crippen molar-refractivity contribution in [2.24, 2.45) is 11.8 Å². The van der Waals surface area contributed by atoms with Crippen molar-refractivity contribution in [2.75, 3.05) is 6.61 Å². The first-order valence-electron chi connectivity index (χ1n) is 6.10. The molecular formula is C14H19NO2. The van der Waals surface area contributed by atoms with Crippen LogP contribution < -0.4 is 0 Å². The molecule has 0 saturated carbocycles. The van der Waals surface area contributed by atoms with Gasteiger partial charge in [0, 0.05) is 11.8 Å². The number of nitrogens with zero attached hydrogens (tertiary/aromatic N) is 1. The zero-order chi connectivity index (χ0) is 12.3. The summed E-state index contributed by atoms with van der Waals surface area (Å²) in [6.45, 7) is 5.26. The van der Waals surface area contributed by atoms with Crippen LogP contribution in [0.5, 0.6) is 0 Å². The Morgan fingerprint density at radius 1 is 1.24 bits per heavy atom. The average Bonchev–Trinajstić information content (AvgIpc) is 2.57. The van der Waals surface area contributed by atoms with Crippen molar-refractivity contribution >= 4 is 6.21 Å². The summed E-state index contributed by atoms with van der Waals surface area (Å²) in [7, 11) is 0. The number of hydrogen-bond acceptors (Lipinski definition) is 2. The van der Waals surface area contributed by atoms with Crippen LogP contribution in [0.2, 0.25) is 0 Å². The van der Waals surface area contributed by atoms with Gasteiger partial charge in [0.2, 0.25) is 0 Å². The fraction of sp³-hybridized carbons (Fsp3) is 0.500. The standard InChI is InChI=1S/C14H19NO2/c1-11-8-15(16)14(12(11)2)10-17-9-13-6-4-3-5-7-13/h3-8,11-12,14H,9-10H2,1-2H3/t11-,12+,14-/m1/s1. The molecule has 0 unspecified atom stereocenters. The van der Waals surface area contributed by atoms with E-state index in [2.05, 4.69) is 13.8 Å². The Labute approximate surface area is 102 Å². The molecule has 0 amide bonds. The summed E-state index contributed by atoms with van der Waals surface area (Å²) in [6, 6.07) is 10.00. The molecule has 1 heterocycles. The Bertz CT molecular complexity index is 388. The van der Waals surface area contributed by atoms with E-state index in [1.807, 2.05) is 30.3 Å². The van der Waals surface area contributed by atoms with Crippen LogP contribution in [0.15, 0.2) is 30.3 Å². The van der Waals surface area contributed by atoms with Crippen LogP contribution >= 0.6 is 0 Å². The molecule has 92 valence electrons. The summed E-state index contributed by atoms with van der Waals surface area (Å²) < 4.78 is 6.69. The molecule has 1 aliphatic heterocycles. The third-order valence-corrected chi connectivity index (χ3v) is 3.55. The third kappa shape index (κ3) is 2.86. The lowest BCUT2D eigenvalue weighted by Crippen LogP contribution is -2.29. The first-order chi connectivity index (χ1) is 8.18. The smallest absolute Gasteiger partial charge is 0.189 e. The average molecular weight is 233 g/mol. The van der Waals surface area contributed by atoms with Gasteiger partial charge in [0.15, 0.2) is 12.3 Å². The van der Waals surface area contributed by atoms with E-state index in [1.54, 1.807) is 6.21 Å². The quantitative estimate of drug-likeness (QED) is 0.591. The van der Waals surface area contributed by atoms with Crippen molar-refractivity contribution in [3.05, 3.63) is 41.1 Å². The van der Waals surface area contributed by atoms with Gasteiger partial charge in [-0.2, -0.15) is 0 Å². The van der Waals surface area contributed by atoms with Crippen LogP contribution in [0, 0.1) is 17.0 Å². The van der Waals surface area contributed by atoms with E-state index >= 15 is 0 Å². The number of hydroxylamine groups is 1. The topological polar surface area (TPSA) is 35.3 Å². The van der Waals surface area contributed by atoms with Crippen LogP contribution in [-0.2, 0) is 11.3 Å². The van der Waals surface area contributed by atoms with Gasteiger partial charge in [-0.25, -0.2) is 4.74 Å². The molecule has 0 saturated heterocycles. The molecule has 0 aromatic heterocycles. The first-order valence-corrected chi connectivity index (χ1v) is 6.10. The highest BCUT2D eigenvalue weighted by Gasteiger charge is 2.35. The van der Waals surface area contributed by atoms with E-state index < -0.39 is 0 Å². The summed E-state index contributed by atoms with van der Waals surface area (Å²) in [5.41, 5.74) is 1.15. The van der Waals surface area contributed by atoms with Crippen molar-refractivity contribution < 1.29 is 9.48 Å². The Kier molecular flexibility index (Phi) is 3.79. The summed E-state index contributed by atoms with van der Waals surface area (Å²) in [5.74, 6) is 0.709. The fourth-order valence-corrected chi connectivity index (χ4v) is 2.16. The summed E-state index contributed by atoms with van der Waals surface area (Å²) >= 11 is 0. The molecule has 3 nitrogen and oxygen atoms in total. The molecule has 3 atom stereocenters. The van der Waals surface area contributed by atoms with E-state index in [-0.39, 0.29) is 6.04 Å². The second-order valence-corrected chi connectivity index (χ2v) is 4.80. The molecule has 0 fully saturated rings. The maximum absolute atomic E-state index is 11.6. The lowest BCUT2D eigenvalue weighted by molar-refractivity contribution is -0.500. The maximum Gasteiger partial charge on any atom is 0.189 e. The van der Waals surface area contributed by atoms with Gasteiger partial charge in [-0.15, -0.1) is 0 Å². The predicted molar refractivity (Wildman–Crippen MR) is 67.9 cm³/mol. The third-order valence-electron chi connectivity index (χ3n) is 3.55. The normalized spacial score (nSPS) is 28.1. The molecule has 1 aliphatic rings. The molecule has 0 bridgehead atoms. The number of ether oxygens (including phenoxy) is 1. The predicted octanol–water partition coefficient (Wildman–Crippen LogP) is 2.44. The highest BCUT2D eigenvalue weighted by Crippen LogP contribution is 2.22. The Balaban J connectivity index is 1.82. The first kappa shape index (κ1) is 12.1. The van der Waals surface area contributed by atoms with Gasteiger partial charge < -0.3 is 9.94 Å². The Morgan fingerprint density at radius 3 is 2.53 bits per heavy atom. The van der Waals surface area contributed by atoms with E-state index in [4.69, 9.17) is 4.74 Å². The van der Waals surface area contributed by atoms with Gasteiger partial charge in [0.1, 0.15) is 6.61 Å². The van der Waals surface area contributed by atoms with E-state index in [9.17, 15) is 5.21 Å². The zero-order valence-electron chi connectivity index (χ0n) is 10.4. The summed E-state index contributed by atoms with van der Waals surface area (Å²) in [4.78, 5) is 0. The van der Waals surface area contributed by atoms with Gasteiger partial charge in [0.05, 0.1) is 6.61 Å². The highest BCUT2D eigenvalue weighted by atomic mass is 16.5. The molecule has 3 heteroatoms. The van der Waals surface area contributed by atoms with Gasteiger partial charge in [-0.05, 0) is 5.56 Å². The monoisotopic (exact) mass is 233 g/mol. The van der Waals surface area contributed by atoms with Gasteiger partial charge in [0.25, 0.3) is 0 Å². The second kappa shape index (κ2) is 5.32.